The van der Waals surface area contributed by atoms with Crippen molar-refractivity contribution in [1.82, 2.24) is 19.7 Å². The number of hydrogen-bond acceptors (Lipinski definition) is 7. The average molecular weight is 442 g/mol. The van der Waals surface area contributed by atoms with E-state index in [9.17, 15) is 14.7 Å². The molecule has 0 atom stereocenters. The number of nitrogens with one attached hydrogen (secondary N) is 2. The first kappa shape index (κ1) is 21.7. The number of nitrogens with zero attached hydrogens (tertiary/aromatic N) is 4. The first-order valence-electron chi connectivity index (χ1n) is 10.2. The molecule has 0 spiro atoms. The van der Waals surface area contributed by atoms with Crippen LogP contribution in [0.1, 0.15) is 27.4 Å². The van der Waals surface area contributed by atoms with Gasteiger partial charge in [-0.25, -0.2) is 9.97 Å². The minimum Gasteiger partial charge on any atom is -0.505 e. The lowest BCUT2D eigenvalue weighted by molar-refractivity contribution is 0.101. The van der Waals surface area contributed by atoms with E-state index in [1.54, 1.807) is 42.5 Å². The van der Waals surface area contributed by atoms with Crippen LogP contribution in [-0.2, 0) is 0 Å². The number of amides is 1. The molecule has 1 amide bonds. The summed E-state index contributed by atoms with van der Waals surface area (Å²) in [6, 6.07) is 16.9. The van der Waals surface area contributed by atoms with Gasteiger partial charge in [-0.2, -0.15) is 9.78 Å². The first-order chi connectivity index (χ1) is 15.8. The first-order valence-corrected chi connectivity index (χ1v) is 10.2. The maximum absolute atomic E-state index is 12.8. The summed E-state index contributed by atoms with van der Waals surface area (Å²) in [6.07, 6.45) is 0. The van der Waals surface area contributed by atoms with Gasteiger partial charge in [0, 0.05) is 28.8 Å². The van der Waals surface area contributed by atoms with Gasteiger partial charge in [-0.3, -0.25) is 9.59 Å². The van der Waals surface area contributed by atoms with Crippen molar-refractivity contribution in [3.63, 3.8) is 0 Å². The molecule has 0 unspecified atom stereocenters. The second-order valence-electron chi connectivity index (χ2n) is 7.60. The van der Waals surface area contributed by atoms with Crippen LogP contribution in [0.4, 0.5) is 17.3 Å². The summed E-state index contributed by atoms with van der Waals surface area (Å²) in [6.45, 7) is 5.67. The molecule has 9 heteroatoms. The van der Waals surface area contributed by atoms with E-state index in [2.05, 4.69) is 25.7 Å². The molecule has 166 valence electrons. The van der Waals surface area contributed by atoms with Crippen LogP contribution in [0.25, 0.3) is 5.69 Å². The third-order valence-electron chi connectivity index (χ3n) is 4.75. The number of carbonyl (C=O) groups is 1. The quantitative estimate of drug-likeness (QED) is 0.431. The normalized spacial score (nSPS) is 10.6. The highest BCUT2D eigenvalue weighted by atomic mass is 16.3. The zero-order chi connectivity index (χ0) is 23.5. The maximum atomic E-state index is 12.8. The predicted octanol–water partition coefficient (Wildman–Crippen LogP) is 3.65. The van der Waals surface area contributed by atoms with E-state index in [0.29, 0.717) is 17.3 Å². The predicted molar refractivity (Wildman–Crippen MR) is 125 cm³/mol. The van der Waals surface area contributed by atoms with Gasteiger partial charge in [0.15, 0.2) is 11.4 Å². The average Bonchev–Trinajstić information content (AvgIpc) is 2.74. The molecule has 0 aliphatic carbocycles. The molecule has 0 radical (unpaired) electrons. The molecule has 0 aliphatic rings. The van der Waals surface area contributed by atoms with Crippen molar-refractivity contribution < 1.29 is 9.90 Å². The molecule has 0 aliphatic heterocycles. The van der Waals surface area contributed by atoms with Crippen molar-refractivity contribution in [2.45, 2.75) is 20.8 Å². The number of aromatic hydroxyl groups is 1. The third kappa shape index (κ3) is 5.04. The third-order valence-corrected chi connectivity index (χ3v) is 4.75. The zero-order valence-electron chi connectivity index (χ0n) is 18.3. The summed E-state index contributed by atoms with van der Waals surface area (Å²) in [5, 5.41) is 20.0. The Morgan fingerprint density at radius 3 is 2.24 bits per heavy atom. The van der Waals surface area contributed by atoms with Crippen molar-refractivity contribution >= 4 is 23.2 Å². The van der Waals surface area contributed by atoms with Gasteiger partial charge < -0.3 is 15.7 Å². The monoisotopic (exact) mass is 442 g/mol. The summed E-state index contributed by atoms with van der Waals surface area (Å²) < 4.78 is 1.08. The molecular formula is C24H22N6O3. The van der Waals surface area contributed by atoms with Crippen LogP contribution in [0.2, 0.25) is 0 Å². The van der Waals surface area contributed by atoms with E-state index in [0.717, 1.165) is 33.4 Å². The number of aryl methyl sites for hydroxylation is 3. The lowest BCUT2D eigenvalue weighted by Crippen LogP contribution is -2.25. The fraction of sp³-hybridized carbons (Fsp3) is 0.125. The van der Waals surface area contributed by atoms with Crippen LogP contribution in [0, 0.1) is 20.8 Å². The van der Waals surface area contributed by atoms with Gasteiger partial charge in [0.1, 0.15) is 0 Å². The van der Waals surface area contributed by atoms with E-state index in [1.807, 2.05) is 32.9 Å². The Kier molecular flexibility index (Phi) is 5.86. The SMILES string of the molecule is Cc1cccc(-n2nc(C(=O)Nc3ccc(Nc4nc(C)cc(C)n4)cc3)c(O)cc2=O)c1. The molecule has 2 aromatic heterocycles. The molecule has 33 heavy (non-hydrogen) atoms. The number of rotatable bonds is 5. The van der Waals surface area contributed by atoms with E-state index < -0.39 is 17.2 Å². The Labute approximate surface area is 189 Å². The summed E-state index contributed by atoms with van der Waals surface area (Å²) in [5.74, 6) is -0.657. The van der Waals surface area contributed by atoms with Crippen molar-refractivity contribution in [3.05, 3.63) is 93.7 Å². The minimum absolute atomic E-state index is 0.262. The fourth-order valence-corrected chi connectivity index (χ4v) is 3.29. The van der Waals surface area contributed by atoms with Gasteiger partial charge in [-0.1, -0.05) is 12.1 Å². The van der Waals surface area contributed by atoms with Crippen LogP contribution in [0.15, 0.2) is 65.5 Å². The molecule has 0 saturated carbocycles. The number of carbonyl (C=O) groups excluding carboxylic acids is 1. The number of anilines is 3. The van der Waals surface area contributed by atoms with Gasteiger partial charge in [0.05, 0.1) is 5.69 Å². The van der Waals surface area contributed by atoms with Gasteiger partial charge >= 0.3 is 0 Å². The molecule has 2 aromatic carbocycles. The Morgan fingerprint density at radius 1 is 0.909 bits per heavy atom. The number of aromatic nitrogens is 4. The van der Waals surface area contributed by atoms with E-state index in [1.165, 1.54) is 0 Å². The Bertz CT molecular complexity index is 1380. The lowest BCUT2D eigenvalue weighted by Gasteiger charge is -2.11. The molecule has 0 saturated heterocycles. The largest absolute Gasteiger partial charge is 0.505 e. The van der Waals surface area contributed by atoms with E-state index in [-0.39, 0.29) is 5.69 Å². The fourth-order valence-electron chi connectivity index (χ4n) is 3.29. The van der Waals surface area contributed by atoms with Gasteiger partial charge in [0.2, 0.25) is 5.95 Å². The maximum Gasteiger partial charge on any atom is 0.279 e. The molecular weight excluding hydrogens is 420 g/mol. The van der Waals surface area contributed by atoms with Gasteiger partial charge in [0.25, 0.3) is 11.5 Å². The van der Waals surface area contributed by atoms with Crippen molar-refractivity contribution in [2.24, 2.45) is 0 Å². The molecule has 2 heterocycles. The summed E-state index contributed by atoms with van der Waals surface area (Å²) in [4.78, 5) is 33.7. The topological polar surface area (TPSA) is 122 Å². The van der Waals surface area contributed by atoms with Crippen LogP contribution in [-0.4, -0.2) is 30.8 Å². The van der Waals surface area contributed by atoms with Crippen LogP contribution >= 0.6 is 0 Å². The molecule has 0 bridgehead atoms. The highest BCUT2D eigenvalue weighted by Crippen LogP contribution is 2.19. The number of benzene rings is 2. The number of hydrogen-bond donors (Lipinski definition) is 3. The van der Waals surface area contributed by atoms with Crippen molar-refractivity contribution in [2.75, 3.05) is 10.6 Å². The molecule has 4 aromatic rings. The Balaban J connectivity index is 1.53. The smallest absolute Gasteiger partial charge is 0.279 e. The molecule has 4 rings (SSSR count). The van der Waals surface area contributed by atoms with Gasteiger partial charge in [-0.15, -0.1) is 0 Å². The Morgan fingerprint density at radius 2 is 1.58 bits per heavy atom. The zero-order valence-corrected chi connectivity index (χ0v) is 18.3. The van der Waals surface area contributed by atoms with E-state index in [4.69, 9.17) is 0 Å². The highest BCUT2D eigenvalue weighted by Gasteiger charge is 2.17. The standard InChI is InChI=1S/C24H22N6O3/c1-14-5-4-6-19(11-14)30-21(32)13-20(31)22(29-30)23(33)27-17-7-9-18(10-8-17)28-24-25-15(2)12-16(3)26-24/h4-13,31H,1-3H3,(H,27,33)(H,25,26,28). The summed E-state index contributed by atoms with van der Waals surface area (Å²) in [5.41, 5.74) is 3.56. The van der Waals surface area contributed by atoms with Gasteiger partial charge in [-0.05, 0) is 68.8 Å². The van der Waals surface area contributed by atoms with Crippen LogP contribution in [0.3, 0.4) is 0 Å². The molecule has 9 nitrogen and oxygen atoms in total. The van der Waals surface area contributed by atoms with E-state index >= 15 is 0 Å². The van der Waals surface area contributed by atoms with Crippen LogP contribution < -0.4 is 16.2 Å². The highest BCUT2D eigenvalue weighted by molar-refractivity contribution is 6.04. The minimum atomic E-state index is -0.646. The Hall–Kier alpha value is -4.53. The molecule has 0 fully saturated rings. The van der Waals surface area contributed by atoms with Crippen LogP contribution in [0.5, 0.6) is 5.75 Å². The molecule has 3 N–H and O–H groups in total. The van der Waals surface area contributed by atoms with Crippen molar-refractivity contribution in [1.29, 1.82) is 0 Å². The lowest BCUT2D eigenvalue weighted by atomic mass is 10.2. The van der Waals surface area contributed by atoms with Crippen molar-refractivity contribution in [3.8, 4) is 11.4 Å². The summed E-state index contributed by atoms with van der Waals surface area (Å²) >= 11 is 0. The summed E-state index contributed by atoms with van der Waals surface area (Å²) in [7, 11) is 0. The second-order valence-corrected chi connectivity index (χ2v) is 7.60. The second kappa shape index (κ2) is 8.91.